The second kappa shape index (κ2) is 6.19. The molecule has 2 rings (SSSR count). The van der Waals surface area contributed by atoms with Crippen molar-refractivity contribution in [1.29, 1.82) is 0 Å². The zero-order valence-corrected chi connectivity index (χ0v) is 12.1. The Morgan fingerprint density at radius 1 is 1.63 bits per heavy atom. The molecule has 0 saturated carbocycles. The van der Waals surface area contributed by atoms with Crippen LogP contribution < -0.4 is 5.32 Å². The van der Waals surface area contributed by atoms with Crippen molar-refractivity contribution in [2.24, 2.45) is 7.05 Å². The summed E-state index contributed by atoms with van der Waals surface area (Å²) < 4.78 is 1.71. The Labute approximate surface area is 115 Å². The molecule has 2 heterocycles. The maximum atomic E-state index is 12.7. The van der Waals surface area contributed by atoms with E-state index >= 15 is 0 Å². The van der Waals surface area contributed by atoms with Gasteiger partial charge in [-0.3, -0.25) is 9.48 Å². The Balaban J connectivity index is 2.17. The van der Waals surface area contributed by atoms with Gasteiger partial charge in [-0.05, 0) is 32.7 Å². The lowest BCUT2D eigenvalue weighted by Gasteiger charge is -2.34. The van der Waals surface area contributed by atoms with E-state index in [4.69, 9.17) is 0 Å². The largest absolute Gasteiger partial charge is 0.334 e. The van der Waals surface area contributed by atoms with Gasteiger partial charge >= 0.3 is 0 Å². The van der Waals surface area contributed by atoms with Crippen LogP contribution >= 0.6 is 0 Å². The minimum absolute atomic E-state index is 0.126. The van der Waals surface area contributed by atoms with Gasteiger partial charge in [0, 0.05) is 32.4 Å². The van der Waals surface area contributed by atoms with E-state index < -0.39 is 0 Å². The monoisotopic (exact) mass is 264 g/mol. The number of carbonyl (C=O) groups excluding carboxylic acids is 1. The first-order valence-electron chi connectivity index (χ1n) is 7.15. The van der Waals surface area contributed by atoms with Crippen LogP contribution in [0.1, 0.15) is 42.2 Å². The molecule has 0 aliphatic carbocycles. The van der Waals surface area contributed by atoms with E-state index in [1.54, 1.807) is 4.68 Å². The molecular formula is C14H24N4O. The van der Waals surface area contributed by atoms with E-state index in [9.17, 15) is 4.79 Å². The number of nitrogens with zero attached hydrogens (tertiary/aromatic N) is 3. The van der Waals surface area contributed by atoms with Crippen LogP contribution in [-0.4, -0.2) is 46.3 Å². The number of hydrogen-bond acceptors (Lipinski definition) is 3. The summed E-state index contributed by atoms with van der Waals surface area (Å²) in [7, 11) is 1.86. The van der Waals surface area contributed by atoms with Crippen molar-refractivity contribution < 1.29 is 4.79 Å². The summed E-state index contributed by atoms with van der Waals surface area (Å²) in [4.78, 5) is 14.7. The van der Waals surface area contributed by atoms with E-state index in [0.29, 0.717) is 6.04 Å². The van der Waals surface area contributed by atoms with Gasteiger partial charge in [-0.1, -0.05) is 6.92 Å². The summed E-state index contributed by atoms with van der Waals surface area (Å²) >= 11 is 0. The molecule has 1 aliphatic rings. The molecule has 0 bridgehead atoms. The molecule has 5 nitrogen and oxygen atoms in total. The summed E-state index contributed by atoms with van der Waals surface area (Å²) in [6, 6.07) is 0.320. The quantitative estimate of drug-likeness (QED) is 0.892. The molecule has 1 amide bonds. The number of amides is 1. The molecule has 5 heteroatoms. The third kappa shape index (κ3) is 3.15. The first-order valence-corrected chi connectivity index (χ1v) is 7.15. The minimum atomic E-state index is 0.126. The third-order valence-corrected chi connectivity index (χ3v) is 3.68. The van der Waals surface area contributed by atoms with E-state index in [1.165, 1.54) is 0 Å². The molecule has 106 valence electrons. The number of carbonyl (C=O) groups is 1. The Morgan fingerprint density at radius 2 is 2.42 bits per heavy atom. The van der Waals surface area contributed by atoms with Gasteiger partial charge in [0.2, 0.25) is 0 Å². The molecule has 19 heavy (non-hydrogen) atoms. The first-order chi connectivity index (χ1) is 9.13. The Morgan fingerprint density at radius 3 is 2.95 bits per heavy atom. The summed E-state index contributed by atoms with van der Waals surface area (Å²) in [6.45, 7) is 6.81. The molecule has 0 radical (unpaired) electrons. The van der Waals surface area contributed by atoms with Crippen LogP contribution in [0.4, 0.5) is 0 Å². The van der Waals surface area contributed by atoms with Crippen LogP contribution in [0, 0.1) is 6.92 Å². The highest BCUT2D eigenvalue weighted by Crippen LogP contribution is 2.16. The molecule has 0 spiro atoms. The van der Waals surface area contributed by atoms with E-state index in [2.05, 4.69) is 17.3 Å². The highest BCUT2D eigenvalue weighted by atomic mass is 16.2. The molecule has 1 atom stereocenters. The van der Waals surface area contributed by atoms with Gasteiger partial charge < -0.3 is 10.2 Å². The van der Waals surface area contributed by atoms with Gasteiger partial charge in [0.15, 0.2) is 0 Å². The number of aromatic nitrogens is 2. The first kappa shape index (κ1) is 14.1. The van der Waals surface area contributed by atoms with Gasteiger partial charge in [0.25, 0.3) is 5.91 Å². The molecule has 1 fully saturated rings. The van der Waals surface area contributed by atoms with Crippen LogP contribution in [0.15, 0.2) is 6.20 Å². The molecule has 1 aliphatic heterocycles. The smallest absolute Gasteiger partial charge is 0.257 e. The van der Waals surface area contributed by atoms with Crippen molar-refractivity contribution in [2.75, 3.05) is 19.6 Å². The van der Waals surface area contributed by atoms with Crippen molar-refractivity contribution >= 4 is 5.91 Å². The highest BCUT2D eigenvalue weighted by molar-refractivity contribution is 5.95. The average molecular weight is 264 g/mol. The lowest BCUT2D eigenvalue weighted by atomic mass is 10.0. The van der Waals surface area contributed by atoms with Gasteiger partial charge in [-0.15, -0.1) is 0 Å². The number of piperidine rings is 1. The van der Waals surface area contributed by atoms with Gasteiger partial charge in [-0.25, -0.2) is 0 Å². The Bertz CT molecular complexity index is 435. The van der Waals surface area contributed by atoms with Crippen molar-refractivity contribution in [3.63, 3.8) is 0 Å². The molecule has 1 saturated heterocycles. The van der Waals surface area contributed by atoms with Crippen LogP contribution in [0.2, 0.25) is 0 Å². The SMILES string of the molecule is CCCN(C(=O)c1cn(C)nc1C)C1CCCNC1. The number of rotatable bonds is 4. The highest BCUT2D eigenvalue weighted by Gasteiger charge is 2.27. The molecule has 1 N–H and O–H groups in total. The Kier molecular flexibility index (Phi) is 4.58. The van der Waals surface area contributed by atoms with E-state index in [1.807, 2.05) is 25.1 Å². The second-order valence-electron chi connectivity index (χ2n) is 5.30. The van der Waals surface area contributed by atoms with Crippen molar-refractivity contribution in [1.82, 2.24) is 20.0 Å². The predicted molar refractivity (Wildman–Crippen MR) is 75.2 cm³/mol. The number of aryl methyl sites for hydroxylation is 2. The lowest BCUT2D eigenvalue weighted by Crippen LogP contribution is -2.49. The lowest BCUT2D eigenvalue weighted by molar-refractivity contribution is 0.0648. The topological polar surface area (TPSA) is 50.2 Å². The Hall–Kier alpha value is -1.36. The van der Waals surface area contributed by atoms with Gasteiger partial charge in [-0.2, -0.15) is 5.10 Å². The van der Waals surface area contributed by atoms with Crippen molar-refractivity contribution in [2.45, 2.75) is 39.2 Å². The fourth-order valence-electron chi connectivity index (χ4n) is 2.75. The normalized spacial score (nSPS) is 19.4. The van der Waals surface area contributed by atoms with Gasteiger partial charge in [0.1, 0.15) is 0 Å². The summed E-state index contributed by atoms with van der Waals surface area (Å²) in [5.74, 6) is 0.126. The van der Waals surface area contributed by atoms with E-state index in [-0.39, 0.29) is 5.91 Å². The van der Waals surface area contributed by atoms with Gasteiger partial charge in [0.05, 0.1) is 11.3 Å². The minimum Gasteiger partial charge on any atom is -0.334 e. The zero-order valence-electron chi connectivity index (χ0n) is 12.1. The maximum Gasteiger partial charge on any atom is 0.257 e. The van der Waals surface area contributed by atoms with Crippen molar-refractivity contribution in [3.8, 4) is 0 Å². The third-order valence-electron chi connectivity index (χ3n) is 3.68. The standard InChI is InChI=1S/C14H24N4O/c1-4-8-18(12-6-5-7-15-9-12)14(19)13-10-17(3)16-11(13)2/h10,12,15H,4-9H2,1-3H3. The predicted octanol–water partition coefficient (Wildman–Crippen LogP) is 1.33. The average Bonchev–Trinajstić information content (AvgIpc) is 2.75. The second-order valence-corrected chi connectivity index (χ2v) is 5.30. The fraction of sp³-hybridized carbons (Fsp3) is 0.714. The van der Waals surface area contributed by atoms with Crippen LogP contribution in [-0.2, 0) is 7.05 Å². The molecule has 1 unspecified atom stereocenters. The van der Waals surface area contributed by atoms with Crippen LogP contribution in [0.3, 0.4) is 0 Å². The zero-order chi connectivity index (χ0) is 13.8. The van der Waals surface area contributed by atoms with Crippen LogP contribution in [0.5, 0.6) is 0 Å². The van der Waals surface area contributed by atoms with Crippen LogP contribution in [0.25, 0.3) is 0 Å². The molecule has 1 aromatic rings. The molecule has 0 aromatic carbocycles. The molecular weight excluding hydrogens is 240 g/mol. The van der Waals surface area contributed by atoms with Crippen molar-refractivity contribution in [3.05, 3.63) is 17.5 Å². The summed E-state index contributed by atoms with van der Waals surface area (Å²) in [6.07, 6.45) is 5.06. The maximum absolute atomic E-state index is 12.7. The van der Waals surface area contributed by atoms with E-state index in [0.717, 1.165) is 50.2 Å². The molecule has 1 aromatic heterocycles. The summed E-state index contributed by atoms with van der Waals surface area (Å²) in [5.41, 5.74) is 1.55. The number of hydrogen-bond donors (Lipinski definition) is 1. The fourth-order valence-corrected chi connectivity index (χ4v) is 2.75. The summed E-state index contributed by atoms with van der Waals surface area (Å²) in [5, 5.41) is 7.66. The number of nitrogens with one attached hydrogen (secondary N) is 1.